The van der Waals surface area contributed by atoms with Crippen molar-refractivity contribution in [2.45, 2.75) is 6.04 Å². The summed E-state index contributed by atoms with van der Waals surface area (Å²) in [6.07, 6.45) is 0. The monoisotopic (exact) mass is 209 g/mol. The van der Waals surface area contributed by atoms with Gasteiger partial charge in [0.25, 0.3) is 0 Å². The van der Waals surface area contributed by atoms with Crippen molar-refractivity contribution < 1.29 is 19.8 Å². The van der Waals surface area contributed by atoms with E-state index in [4.69, 9.17) is 10.2 Å². The van der Waals surface area contributed by atoms with Crippen molar-refractivity contribution in [3.05, 3.63) is 30.3 Å². The van der Waals surface area contributed by atoms with Gasteiger partial charge in [-0.3, -0.25) is 0 Å². The van der Waals surface area contributed by atoms with E-state index in [1.54, 1.807) is 30.3 Å². The standard InChI is InChI=1S/C10H11NO4/c1-11(7-5-3-2-4-6-7)8(9(12)13)10(14)15/h2-6,8H,1H3,(H,12,13)(H,14,15). The van der Waals surface area contributed by atoms with Gasteiger partial charge in [-0.25, -0.2) is 9.59 Å². The Hall–Kier alpha value is -2.04. The van der Waals surface area contributed by atoms with E-state index in [-0.39, 0.29) is 0 Å². The first-order valence-electron chi connectivity index (χ1n) is 4.27. The Bertz CT molecular complexity index is 349. The number of carbonyl (C=O) groups is 2. The van der Waals surface area contributed by atoms with Crippen LogP contribution in [0.1, 0.15) is 0 Å². The van der Waals surface area contributed by atoms with Crippen molar-refractivity contribution in [3.63, 3.8) is 0 Å². The second-order valence-corrected chi connectivity index (χ2v) is 3.03. The van der Waals surface area contributed by atoms with Crippen LogP contribution in [0.3, 0.4) is 0 Å². The summed E-state index contributed by atoms with van der Waals surface area (Å²) in [6, 6.07) is 6.94. The van der Waals surface area contributed by atoms with Crippen LogP contribution < -0.4 is 4.90 Å². The molecule has 0 aromatic heterocycles. The topological polar surface area (TPSA) is 77.8 Å². The number of carboxylic acids is 2. The van der Waals surface area contributed by atoms with Crippen LogP contribution in [-0.4, -0.2) is 35.2 Å². The lowest BCUT2D eigenvalue weighted by molar-refractivity contribution is -0.149. The molecule has 2 N–H and O–H groups in total. The van der Waals surface area contributed by atoms with Gasteiger partial charge in [0.1, 0.15) is 0 Å². The van der Waals surface area contributed by atoms with Gasteiger partial charge in [0.2, 0.25) is 6.04 Å². The number of benzene rings is 1. The van der Waals surface area contributed by atoms with Crippen LogP contribution in [0.5, 0.6) is 0 Å². The number of hydrogen-bond donors (Lipinski definition) is 2. The highest BCUT2D eigenvalue weighted by Crippen LogP contribution is 2.14. The van der Waals surface area contributed by atoms with Gasteiger partial charge in [-0.2, -0.15) is 0 Å². The number of aliphatic carboxylic acids is 2. The molecule has 1 rings (SSSR count). The molecular formula is C10H11NO4. The molecule has 0 fully saturated rings. The maximum Gasteiger partial charge on any atom is 0.338 e. The average Bonchev–Trinajstić information content (AvgIpc) is 2.18. The van der Waals surface area contributed by atoms with Gasteiger partial charge in [0.05, 0.1) is 0 Å². The summed E-state index contributed by atoms with van der Waals surface area (Å²) in [6.45, 7) is 0. The Morgan fingerprint density at radius 1 is 1.13 bits per heavy atom. The minimum Gasteiger partial charge on any atom is -0.479 e. The number of carboxylic acid groups (broad SMARTS) is 2. The SMILES string of the molecule is CN(c1ccccc1)C(C(=O)O)C(=O)O. The molecule has 0 amide bonds. The normalized spacial score (nSPS) is 10.0. The predicted octanol–water partition coefficient (Wildman–Crippen LogP) is 0.661. The molecule has 5 nitrogen and oxygen atoms in total. The zero-order valence-corrected chi connectivity index (χ0v) is 8.12. The van der Waals surface area contributed by atoms with E-state index in [0.717, 1.165) is 0 Å². The van der Waals surface area contributed by atoms with Gasteiger partial charge < -0.3 is 15.1 Å². The Morgan fingerprint density at radius 2 is 1.60 bits per heavy atom. The lowest BCUT2D eigenvalue weighted by Crippen LogP contribution is -2.44. The summed E-state index contributed by atoms with van der Waals surface area (Å²) in [5.74, 6) is -2.76. The number of anilines is 1. The Labute approximate surface area is 86.6 Å². The fourth-order valence-corrected chi connectivity index (χ4v) is 1.25. The van der Waals surface area contributed by atoms with Crippen molar-refractivity contribution in [2.24, 2.45) is 0 Å². The Morgan fingerprint density at radius 3 is 2.00 bits per heavy atom. The Balaban J connectivity index is 2.96. The highest BCUT2D eigenvalue weighted by Gasteiger charge is 2.30. The number of nitrogens with zero attached hydrogens (tertiary/aromatic N) is 1. The number of para-hydroxylation sites is 1. The summed E-state index contributed by atoms with van der Waals surface area (Å²) in [4.78, 5) is 22.7. The molecule has 1 aromatic rings. The van der Waals surface area contributed by atoms with E-state index >= 15 is 0 Å². The number of rotatable bonds is 4. The van der Waals surface area contributed by atoms with Crippen LogP contribution in [0.4, 0.5) is 5.69 Å². The lowest BCUT2D eigenvalue weighted by atomic mass is 10.2. The molecule has 0 heterocycles. The third-order valence-electron chi connectivity index (χ3n) is 2.02. The van der Waals surface area contributed by atoms with Crippen LogP contribution in [0.2, 0.25) is 0 Å². The minimum atomic E-state index is -1.56. The van der Waals surface area contributed by atoms with E-state index in [2.05, 4.69) is 0 Å². The van der Waals surface area contributed by atoms with Crippen molar-refractivity contribution in [1.82, 2.24) is 0 Å². The summed E-state index contributed by atoms with van der Waals surface area (Å²) >= 11 is 0. The molecule has 0 bridgehead atoms. The first-order valence-corrected chi connectivity index (χ1v) is 4.27. The molecule has 1 aromatic carbocycles. The predicted molar refractivity (Wildman–Crippen MR) is 53.9 cm³/mol. The van der Waals surface area contributed by atoms with Crippen molar-refractivity contribution in [2.75, 3.05) is 11.9 Å². The molecule has 0 aliphatic carbocycles. The Kier molecular flexibility index (Phi) is 3.28. The van der Waals surface area contributed by atoms with E-state index in [0.29, 0.717) is 5.69 Å². The molecule has 80 valence electrons. The van der Waals surface area contributed by atoms with E-state index in [9.17, 15) is 9.59 Å². The first kappa shape index (κ1) is 11.0. The zero-order valence-electron chi connectivity index (χ0n) is 8.12. The van der Waals surface area contributed by atoms with Crippen LogP contribution in [0, 0.1) is 0 Å². The largest absolute Gasteiger partial charge is 0.479 e. The minimum absolute atomic E-state index is 0.548. The van der Waals surface area contributed by atoms with E-state index in [1.807, 2.05) is 0 Å². The smallest absolute Gasteiger partial charge is 0.338 e. The number of hydrogen-bond acceptors (Lipinski definition) is 3. The molecule has 0 unspecified atom stereocenters. The highest BCUT2D eigenvalue weighted by molar-refractivity contribution is 6.00. The molecule has 0 aliphatic heterocycles. The fraction of sp³-hybridized carbons (Fsp3) is 0.200. The van der Waals surface area contributed by atoms with Crippen LogP contribution in [0.15, 0.2) is 30.3 Å². The second-order valence-electron chi connectivity index (χ2n) is 3.03. The van der Waals surface area contributed by atoms with Crippen LogP contribution in [0.25, 0.3) is 0 Å². The maximum atomic E-state index is 10.7. The van der Waals surface area contributed by atoms with E-state index < -0.39 is 18.0 Å². The van der Waals surface area contributed by atoms with Crippen molar-refractivity contribution >= 4 is 17.6 Å². The van der Waals surface area contributed by atoms with Crippen LogP contribution >= 0.6 is 0 Å². The maximum absolute atomic E-state index is 10.7. The summed E-state index contributed by atoms with van der Waals surface area (Å²) in [5, 5.41) is 17.5. The summed E-state index contributed by atoms with van der Waals surface area (Å²) in [5.41, 5.74) is 0.548. The fourth-order valence-electron chi connectivity index (χ4n) is 1.25. The summed E-state index contributed by atoms with van der Waals surface area (Å²) in [7, 11) is 1.43. The lowest BCUT2D eigenvalue weighted by Gasteiger charge is -2.23. The molecule has 15 heavy (non-hydrogen) atoms. The third-order valence-corrected chi connectivity index (χ3v) is 2.02. The van der Waals surface area contributed by atoms with Crippen LogP contribution in [-0.2, 0) is 9.59 Å². The highest BCUT2D eigenvalue weighted by atomic mass is 16.4. The molecule has 5 heteroatoms. The second kappa shape index (κ2) is 4.45. The number of likely N-dealkylation sites (N-methyl/N-ethyl adjacent to an activating group) is 1. The molecule has 0 saturated heterocycles. The van der Waals surface area contributed by atoms with Gasteiger partial charge in [-0.15, -0.1) is 0 Å². The third kappa shape index (κ3) is 2.46. The molecule has 0 atom stereocenters. The quantitative estimate of drug-likeness (QED) is 0.712. The van der Waals surface area contributed by atoms with Crippen molar-refractivity contribution in [1.29, 1.82) is 0 Å². The van der Waals surface area contributed by atoms with Gasteiger partial charge in [-0.05, 0) is 12.1 Å². The van der Waals surface area contributed by atoms with Gasteiger partial charge in [0.15, 0.2) is 0 Å². The summed E-state index contributed by atoms with van der Waals surface area (Å²) < 4.78 is 0. The molecule has 0 saturated carbocycles. The van der Waals surface area contributed by atoms with Gasteiger partial charge in [-0.1, -0.05) is 18.2 Å². The molecule has 0 spiro atoms. The molecular weight excluding hydrogens is 198 g/mol. The van der Waals surface area contributed by atoms with E-state index in [1.165, 1.54) is 11.9 Å². The molecule has 0 aliphatic rings. The average molecular weight is 209 g/mol. The zero-order chi connectivity index (χ0) is 11.4. The first-order chi connectivity index (χ1) is 7.04. The van der Waals surface area contributed by atoms with Crippen molar-refractivity contribution in [3.8, 4) is 0 Å². The van der Waals surface area contributed by atoms with Gasteiger partial charge in [0, 0.05) is 12.7 Å². The molecule has 0 radical (unpaired) electrons. The van der Waals surface area contributed by atoms with Gasteiger partial charge >= 0.3 is 11.9 Å².